The molecule has 1 aliphatic rings. The Hall–Kier alpha value is -2.87. The number of hydrogen-bond donors (Lipinski definition) is 1. The van der Waals surface area contributed by atoms with Crippen molar-refractivity contribution >= 4 is 28.0 Å². The number of thiazole rings is 1. The fourth-order valence-electron chi connectivity index (χ4n) is 3.27. The third kappa shape index (κ3) is 2.37. The number of rotatable bonds is 3. The molecular formula is C17H15N3O4S. The molecule has 0 saturated heterocycles. The highest BCUT2D eigenvalue weighted by atomic mass is 32.1. The van der Waals surface area contributed by atoms with Gasteiger partial charge in [0.15, 0.2) is 16.5 Å². The van der Waals surface area contributed by atoms with Crippen molar-refractivity contribution < 1.29 is 14.3 Å². The topological polar surface area (TPSA) is 81.9 Å². The molecule has 0 radical (unpaired) electrons. The van der Waals surface area contributed by atoms with Crippen molar-refractivity contribution in [2.75, 3.05) is 19.5 Å². The average Bonchev–Trinajstić information content (AvgIpc) is 3.08. The highest BCUT2D eigenvalue weighted by molar-refractivity contribution is 7.15. The van der Waals surface area contributed by atoms with Crippen LogP contribution in [-0.2, 0) is 4.79 Å². The number of nitrogens with one attached hydrogen (secondary N) is 1. The van der Waals surface area contributed by atoms with Crippen LogP contribution in [0.4, 0.5) is 5.82 Å². The van der Waals surface area contributed by atoms with Crippen molar-refractivity contribution in [3.05, 3.63) is 51.3 Å². The minimum absolute atomic E-state index is 0.143. The van der Waals surface area contributed by atoms with Gasteiger partial charge in [0, 0.05) is 29.5 Å². The van der Waals surface area contributed by atoms with E-state index in [1.54, 1.807) is 30.9 Å². The second-order valence-corrected chi connectivity index (χ2v) is 6.50. The predicted octanol–water partition coefficient (Wildman–Crippen LogP) is 2.25. The Balaban J connectivity index is 2.00. The summed E-state index contributed by atoms with van der Waals surface area (Å²) in [5.74, 6) is 0.934. The molecule has 0 spiro atoms. The number of methoxy groups -OCH3 is 2. The summed E-state index contributed by atoms with van der Waals surface area (Å²) in [6, 6.07) is 5.44. The second kappa shape index (κ2) is 5.89. The number of aromatic nitrogens is 2. The van der Waals surface area contributed by atoms with E-state index >= 15 is 0 Å². The molecule has 0 fully saturated rings. The number of fused-ring (bicyclic) bond motifs is 3. The number of carbonyl (C=O) groups is 1. The number of ether oxygens (including phenoxy) is 2. The van der Waals surface area contributed by atoms with Crippen molar-refractivity contribution in [2.24, 2.45) is 0 Å². The molecule has 3 heterocycles. The molecule has 0 saturated carbocycles. The van der Waals surface area contributed by atoms with Crippen LogP contribution in [0.5, 0.6) is 11.5 Å². The van der Waals surface area contributed by atoms with Crippen molar-refractivity contribution in [3.63, 3.8) is 0 Å². The first-order valence-electron chi connectivity index (χ1n) is 7.64. The fraction of sp³-hybridized carbons (Fsp3) is 0.235. The van der Waals surface area contributed by atoms with E-state index in [0.29, 0.717) is 27.8 Å². The summed E-state index contributed by atoms with van der Waals surface area (Å²) < 4.78 is 12.6. The molecule has 7 nitrogen and oxygen atoms in total. The van der Waals surface area contributed by atoms with Crippen LogP contribution in [0.2, 0.25) is 0 Å². The second-order valence-electron chi connectivity index (χ2n) is 5.62. The Labute approximate surface area is 146 Å². The molecule has 1 aromatic carbocycles. The quantitative estimate of drug-likeness (QED) is 0.777. The number of para-hydroxylation sites is 1. The zero-order valence-corrected chi connectivity index (χ0v) is 14.4. The van der Waals surface area contributed by atoms with E-state index in [2.05, 4.69) is 10.3 Å². The van der Waals surface area contributed by atoms with E-state index in [1.807, 2.05) is 17.5 Å². The molecule has 1 unspecified atom stereocenters. The molecule has 1 atom stereocenters. The maximum absolute atomic E-state index is 12.7. The number of nitrogens with zero attached hydrogens (tertiary/aromatic N) is 2. The minimum Gasteiger partial charge on any atom is -0.493 e. The molecule has 3 aromatic rings. The van der Waals surface area contributed by atoms with Gasteiger partial charge in [0.2, 0.25) is 5.91 Å². The van der Waals surface area contributed by atoms with Gasteiger partial charge < -0.3 is 14.8 Å². The molecule has 0 aliphatic carbocycles. The summed E-state index contributed by atoms with van der Waals surface area (Å²) in [5, 5.41) is 4.64. The lowest BCUT2D eigenvalue weighted by Gasteiger charge is -2.26. The van der Waals surface area contributed by atoms with Crippen LogP contribution < -0.4 is 20.3 Å². The van der Waals surface area contributed by atoms with Gasteiger partial charge >= 0.3 is 0 Å². The summed E-state index contributed by atoms with van der Waals surface area (Å²) >= 11 is 1.34. The average molecular weight is 357 g/mol. The minimum atomic E-state index is -0.453. The van der Waals surface area contributed by atoms with E-state index < -0.39 is 5.92 Å². The number of hydrogen-bond acceptors (Lipinski definition) is 6. The number of anilines is 1. The van der Waals surface area contributed by atoms with Crippen LogP contribution in [0.3, 0.4) is 0 Å². The lowest BCUT2D eigenvalue weighted by Crippen LogP contribution is -2.32. The van der Waals surface area contributed by atoms with E-state index in [9.17, 15) is 9.59 Å². The zero-order chi connectivity index (χ0) is 17.6. The Bertz CT molecular complexity index is 1040. The van der Waals surface area contributed by atoms with E-state index in [0.717, 1.165) is 5.56 Å². The van der Waals surface area contributed by atoms with E-state index in [4.69, 9.17) is 9.47 Å². The standard InChI is InChI=1S/C17H15N3O4S/c1-23-11-5-3-4-9(14(11)24-2)10-8-12(21)18-15-13(10)16(22)19-17-20(15)6-7-25-17/h3-7,10H,8H2,1-2H3,(H,18,21). The first kappa shape index (κ1) is 15.6. The third-order valence-electron chi connectivity index (χ3n) is 4.32. The summed E-state index contributed by atoms with van der Waals surface area (Å²) in [6.45, 7) is 0. The smallest absolute Gasteiger partial charge is 0.279 e. The molecule has 4 rings (SSSR count). The highest BCUT2D eigenvalue weighted by Crippen LogP contribution is 2.42. The zero-order valence-electron chi connectivity index (χ0n) is 13.6. The maximum atomic E-state index is 12.7. The Morgan fingerprint density at radius 1 is 1.28 bits per heavy atom. The van der Waals surface area contributed by atoms with Crippen LogP contribution >= 0.6 is 11.3 Å². The van der Waals surface area contributed by atoms with Crippen molar-refractivity contribution in [3.8, 4) is 11.5 Å². The summed E-state index contributed by atoms with van der Waals surface area (Å²) in [7, 11) is 3.09. The summed E-state index contributed by atoms with van der Waals surface area (Å²) in [5.41, 5.74) is 0.849. The molecule has 1 amide bonds. The fourth-order valence-corrected chi connectivity index (χ4v) is 3.97. The van der Waals surface area contributed by atoms with Crippen LogP contribution in [0, 0.1) is 0 Å². The van der Waals surface area contributed by atoms with E-state index in [-0.39, 0.29) is 17.9 Å². The lowest BCUT2D eigenvalue weighted by atomic mass is 9.86. The van der Waals surface area contributed by atoms with Crippen molar-refractivity contribution in [2.45, 2.75) is 12.3 Å². The van der Waals surface area contributed by atoms with Gasteiger partial charge in [0.25, 0.3) is 5.56 Å². The van der Waals surface area contributed by atoms with Crippen LogP contribution in [-0.4, -0.2) is 29.5 Å². The first-order chi connectivity index (χ1) is 12.1. The summed E-state index contributed by atoms with van der Waals surface area (Å²) in [6.07, 6.45) is 1.93. The van der Waals surface area contributed by atoms with Crippen molar-refractivity contribution in [1.82, 2.24) is 9.38 Å². The van der Waals surface area contributed by atoms with Crippen LogP contribution in [0.15, 0.2) is 34.6 Å². The molecule has 1 N–H and O–H groups in total. The number of benzene rings is 1. The van der Waals surface area contributed by atoms with Crippen LogP contribution in [0.1, 0.15) is 23.5 Å². The Morgan fingerprint density at radius 2 is 2.12 bits per heavy atom. The first-order valence-corrected chi connectivity index (χ1v) is 8.52. The van der Waals surface area contributed by atoms with Gasteiger partial charge in [-0.1, -0.05) is 12.1 Å². The van der Waals surface area contributed by atoms with Gasteiger partial charge in [-0.05, 0) is 6.07 Å². The lowest BCUT2D eigenvalue weighted by molar-refractivity contribution is -0.116. The molecule has 128 valence electrons. The third-order valence-corrected chi connectivity index (χ3v) is 5.07. The molecule has 1 aliphatic heterocycles. The monoisotopic (exact) mass is 357 g/mol. The van der Waals surface area contributed by atoms with Gasteiger partial charge in [-0.25, -0.2) is 0 Å². The van der Waals surface area contributed by atoms with E-state index in [1.165, 1.54) is 11.3 Å². The molecule has 0 bridgehead atoms. The maximum Gasteiger partial charge on any atom is 0.279 e. The Kier molecular flexibility index (Phi) is 3.69. The predicted molar refractivity (Wildman–Crippen MR) is 94.0 cm³/mol. The Morgan fingerprint density at radius 3 is 2.88 bits per heavy atom. The van der Waals surface area contributed by atoms with Gasteiger partial charge in [-0.2, -0.15) is 4.98 Å². The molecule has 2 aromatic heterocycles. The van der Waals surface area contributed by atoms with Gasteiger partial charge in [-0.15, -0.1) is 11.3 Å². The van der Waals surface area contributed by atoms with Crippen molar-refractivity contribution in [1.29, 1.82) is 0 Å². The SMILES string of the molecule is COc1cccc(C2CC(=O)Nc3c2c(=O)nc2sccn32)c1OC. The highest BCUT2D eigenvalue weighted by Gasteiger charge is 2.34. The largest absolute Gasteiger partial charge is 0.493 e. The molecule has 25 heavy (non-hydrogen) atoms. The van der Waals surface area contributed by atoms with Gasteiger partial charge in [0.05, 0.1) is 19.8 Å². The van der Waals surface area contributed by atoms with Crippen LogP contribution in [0.25, 0.3) is 4.96 Å². The summed E-state index contributed by atoms with van der Waals surface area (Å²) in [4.78, 5) is 29.7. The van der Waals surface area contributed by atoms with Gasteiger partial charge in [0.1, 0.15) is 5.82 Å². The molecular weight excluding hydrogens is 342 g/mol. The van der Waals surface area contributed by atoms with Gasteiger partial charge in [-0.3, -0.25) is 14.0 Å². The number of carbonyl (C=O) groups excluding carboxylic acids is 1. The normalized spacial score (nSPS) is 16.4. The molecule has 8 heteroatoms. The number of amides is 1.